The van der Waals surface area contributed by atoms with Crippen molar-refractivity contribution in [3.05, 3.63) is 54.7 Å². The highest BCUT2D eigenvalue weighted by Crippen LogP contribution is 2.22. The number of halogens is 1. The molecule has 0 aliphatic carbocycles. The Kier molecular flexibility index (Phi) is 4.41. The molecular weight excluding hydrogens is 380 g/mol. The third-order valence-electron chi connectivity index (χ3n) is 3.25. The summed E-state index contributed by atoms with van der Waals surface area (Å²) in [5, 5.41) is 10.0. The molecule has 0 bridgehead atoms. The Balaban J connectivity index is 1.92. The van der Waals surface area contributed by atoms with E-state index in [0.717, 1.165) is 9.48 Å². The summed E-state index contributed by atoms with van der Waals surface area (Å²) in [5.41, 5.74) is 0.151. The second-order valence-electron chi connectivity index (χ2n) is 5.40. The Morgan fingerprint density at radius 2 is 2.09 bits per heavy atom. The summed E-state index contributed by atoms with van der Waals surface area (Å²) >= 11 is 4.73. The van der Waals surface area contributed by atoms with Crippen molar-refractivity contribution in [2.24, 2.45) is 0 Å². The predicted octanol–water partition coefficient (Wildman–Crippen LogP) is 3.96. The van der Waals surface area contributed by atoms with Crippen LogP contribution in [0.15, 0.2) is 37.9 Å². The molecule has 0 aliphatic rings. The number of carbonyl (C=O) groups excluding carboxylic acids is 1. The average Bonchev–Trinajstić information content (AvgIpc) is 2.95. The molecule has 0 saturated heterocycles. The number of carbonyl (C=O) groups is 1. The normalized spacial score (nSPS) is 11.3. The molecule has 2 aromatic heterocycles. The lowest BCUT2D eigenvalue weighted by molar-refractivity contribution is 0.0966. The molecule has 1 aromatic carbocycles. The fraction of sp³-hybridized carbons (Fsp3) is 0.250. The van der Waals surface area contributed by atoms with Crippen LogP contribution in [0.3, 0.4) is 0 Å². The van der Waals surface area contributed by atoms with E-state index in [1.54, 1.807) is 18.2 Å². The molecule has 0 saturated carbocycles. The van der Waals surface area contributed by atoms with E-state index in [4.69, 9.17) is 4.42 Å². The maximum atomic E-state index is 12.4. The maximum Gasteiger partial charge on any atom is 0.205 e. The molecule has 0 spiro atoms. The summed E-state index contributed by atoms with van der Waals surface area (Å²) in [6.45, 7) is 4.04. The van der Waals surface area contributed by atoms with Crippen molar-refractivity contribution < 1.29 is 9.21 Å². The number of nitrogens with zero attached hydrogens (tertiary/aromatic N) is 2. The molecular formula is C16H13BrN2O3S. The first-order valence-electron chi connectivity index (χ1n) is 7.03. The Morgan fingerprint density at radius 1 is 1.30 bits per heavy atom. The van der Waals surface area contributed by atoms with E-state index in [-0.39, 0.29) is 29.3 Å². The number of rotatable bonds is 4. The summed E-state index contributed by atoms with van der Waals surface area (Å²) in [7, 11) is 0. The van der Waals surface area contributed by atoms with Gasteiger partial charge in [-0.05, 0) is 18.2 Å². The van der Waals surface area contributed by atoms with Gasteiger partial charge in [-0.25, -0.2) is 0 Å². The third-order valence-corrected chi connectivity index (χ3v) is 4.97. The number of fused-ring (bicyclic) bond motifs is 1. The van der Waals surface area contributed by atoms with Crippen molar-refractivity contribution in [1.82, 2.24) is 10.2 Å². The minimum atomic E-state index is -0.282. The van der Waals surface area contributed by atoms with Crippen LogP contribution in [0.5, 0.6) is 0 Å². The van der Waals surface area contributed by atoms with Crippen molar-refractivity contribution >= 4 is 44.0 Å². The van der Waals surface area contributed by atoms with Crippen LogP contribution in [-0.4, -0.2) is 16.0 Å². The van der Waals surface area contributed by atoms with E-state index in [2.05, 4.69) is 26.1 Å². The quantitative estimate of drug-likeness (QED) is 0.628. The molecule has 0 N–H and O–H groups in total. The van der Waals surface area contributed by atoms with Gasteiger partial charge in [0.25, 0.3) is 0 Å². The standard InChI is InChI=1S/C16H13BrN2O3S/c1-8(2)16-19-18-15(23-16)7-12(21)14-6-11(20)10-4-3-9(17)5-13(10)22-14/h3-6,8H,7H2,1-2H3. The van der Waals surface area contributed by atoms with Gasteiger partial charge in [0.2, 0.25) is 5.78 Å². The van der Waals surface area contributed by atoms with E-state index < -0.39 is 0 Å². The minimum absolute atomic E-state index is 0.0434. The largest absolute Gasteiger partial charge is 0.453 e. The highest BCUT2D eigenvalue weighted by Gasteiger charge is 2.16. The highest BCUT2D eigenvalue weighted by molar-refractivity contribution is 9.10. The van der Waals surface area contributed by atoms with Crippen LogP contribution in [0, 0.1) is 0 Å². The van der Waals surface area contributed by atoms with Gasteiger partial charge in [-0.15, -0.1) is 21.5 Å². The zero-order valence-electron chi connectivity index (χ0n) is 12.5. The molecule has 7 heteroatoms. The first kappa shape index (κ1) is 16.0. The average molecular weight is 393 g/mol. The molecule has 0 radical (unpaired) electrons. The lowest BCUT2D eigenvalue weighted by atomic mass is 10.1. The summed E-state index contributed by atoms with van der Waals surface area (Å²) in [6, 6.07) is 6.34. The van der Waals surface area contributed by atoms with E-state index in [9.17, 15) is 9.59 Å². The Morgan fingerprint density at radius 3 is 2.78 bits per heavy atom. The van der Waals surface area contributed by atoms with Gasteiger partial charge in [-0.1, -0.05) is 29.8 Å². The SMILES string of the molecule is CC(C)c1nnc(CC(=O)c2cc(=O)c3ccc(Br)cc3o2)s1. The van der Waals surface area contributed by atoms with E-state index in [1.165, 1.54) is 17.4 Å². The molecule has 0 fully saturated rings. The molecule has 118 valence electrons. The fourth-order valence-corrected chi connectivity index (χ4v) is 3.25. The maximum absolute atomic E-state index is 12.4. The molecule has 3 rings (SSSR count). The van der Waals surface area contributed by atoms with Crippen molar-refractivity contribution in [3.8, 4) is 0 Å². The van der Waals surface area contributed by atoms with E-state index in [1.807, 2.05) is 13.8 Å². The monoisotopic (exact) mass is 392 g/mol. The number of hydrogen-bond acceptors (Lipinski definition) is 6. The molecule has 3 aromatic rings. The van der Waals surface area contributed by atoms with Gasteiger partial charge < -0.3 is 4.42 Å². The molecule has 5 nitrogen and oxygen atoms in total. The first-order valence-corrected chi connectivity index (χ1v) is 8.64. The van der Waals surface area contributed by atoms with E-state index >= 15 is 0 Å². The second kappa shape index (κ2) is 6.33. The summed E-state index contributed by atoms with van der Waals surface area (Å²) < 4.78 is 6.37. The van der Waals surface area contributed by atoms with Crippen LogP contribution < -0.4 is 5.43 Å². The highest BCUT2D eigenvalue weighted by atomic mass is 79.9. The van der Waals surface area contributed by atoms with Gasteiger partial charge in [0.1, 0.15) is 15.6 Å². The predicted molar refractivity (Wildman–Crippen MR) is 92.2 cm³/mol. The lowest BCUT2D eigenvalue weighted by Gasteiger charge is -2.01. The lowest BCUT2D eigenvalue weighted by Crippen LogP contribution is -2.09. The second-order valence-corrected chi connectivity index (χ2v) is 7.41. The van der Waals surface area contributed by atoms with Crippen LogP contribution in [0.25, 0.3) is 11.0 Å². The van der Waals surface area contributed by atoms with Gasteiger partial charge >= 0.3 is 0 Å². The molecule has 23 heavy (non-hydrogen) atoms. The van der Waals surface area contributed by atoms with Crippen LogP contribution in [-0.2, 0) is 6.42 Å². The number of aromatic nitrogens is 2. The van der Waals surface area contributed by atoms with Gasteiger partial charge in [-0.3, -0.25) is 9.59 Å². The van der Waals surface area contributed by atoms with Crippen LogP contribution in [0.4, 0.5) is 0 Å². The summed E-state index contributed by atoms with van der Waals surface area (Å²) in [6.07, 6.45) is 0.0762. The zero-order chi connectivity index (χ0) is 16.6. The number of hydrogen-bond donors (Lipinski definition) is 0. The van der Waals surface area contributed by atoms with Gasteiger partial charge in [0.05, 0.1) is 11.8 Å². The molecule has 0 unspecified atom stereocenters. The van der Waals surface area contributed by atoms with E-state index in [0.29, 0.717) is 16.0 Å². The molecule has 2 heterocycles. The van der Waals surface area contributed by atoms with Gasteiger partial charge in [0, 0.05) is 16.5 Å². The van der Waals surface area contributed by atoms with Crippen LogP contribution in [0.1, 0.15) is 40.3 Å². The topological polar surface area (TPSA) is 73.1 Å². The third kappa shape index (κ3) is 3.40. The van der Waals surface area contributed by atoms with Gasteiger partial charge in [0.15, 0.2) is 11.2 Å². The number of Topliss-reactive ketones (excluding diaryl/α,β-unsaturated/α-hetero) is 1. The van der Waals surface area contributed by atoms with Crippen molar-refractivity contribution in [3.63, 3.8) is 0 Å². The molecule has 0 amide bonds. The van der Waals surface area contributed by atoms with Crippen molar-refractivity contribution in [1.29, 1.82) is 0 Å². The smallest absolute Gasteiger partial charge is 0.205 e. The summed E-state index contributed by atoms with van der Waals surface area (Å²) in [4.78, 5) is 24.5. The summed E-state index contributed by atoms with van der Waals surface area (Å²) in [5.74, 6) is 0.0321. The number of benzene rings is 1. The Hall–Kier alpha value is -1.86. The van der Waals surface area contributed by atoms with Gasteiger partial charge in [-0.2, -0.15) is 0 Å². The first-order chi connectivity index (χ1) is 10.9. The Labute approximate surface area is 144 Å². The molecule has 0 atom stereocenters. The zero-order valence-corrected chi connectivity index (χ0v) is 14.9. The van der Waals surface area contributed by atoms with Crippen LogP contribution >= 0.6 is 27.3 Å². The van der Waals surface area contributed by atoms with Crippen molar-refractivity contribution in [2.45, 2.75) is 26.2 Å². The minimum Gasteiger partial charge on any atom is -0.453 e. The number of ketones is 1. The van der Waals surface area contributed by atoms with Crippen molar-refractivity contribution in [2.75, 3.05) is 0 Å². The Bertz CT molecular complexity index is 946. The molecule has 0 aliphatic heterocycles. The van der Waals surface area contributed by atoms with Crippen LogP contribution in [0.2, 0.25) is 0 Å². The fourth-order valence-electron chi connectivity index (χ4n) is 2.06.